The van der Waals surface area contributed by atoms with Crippen molar-refractivity contribution in [3.8, 4) is 11.3 Å². The molecule has 0 spiro atoms. The van der Waals surface area contributed by atoms with Crippen molar-refractivity contribution in [2.24, 2.45) is 0 Å². The second kappa shape index (κ2) is 8.93. The number of hydrogen-bond donors (Lipinski definition) is 2. The molecule has 0 saturated carbocycles. The molecule has 0 unspecified atom stereocenters. The number of para-hydroxylation sites is 1. The highest BCUT2D eigenvalue weighted by Gasteiger charge is 2.11. The zero-order valence-electron chi connectivity index (χ0n) is 18.1. The van der Waals surface area contributed by atoms with Gasteiger partial charge in [0.1, 0.15) is 0 Å². The van der Waals surface area contributed by atoms with Gasteiger partial charge in [0.25, 0.3) is 5.91 Å². The summed E-state index contributed by atoms with van der Waals surface area (Å²) >= 11 is 0. The fourth-order valence-electron chi connectivity index (χ4n) is 3.67. The Labute approximate surface area is 192 Å². The number of nitrogens with one attached hydrogen (secondary N) is 2. The number of aryl methyl sites for hydroxylation is 1. The van der Waals surface area contributed by atoms with Gasteiger partial charge in [-0.3, -0.25) is 4.79 Å². The molecule has 0 bridgehead atoms. The quantitative estimate of drug-likeness (QED) is 0.330. The molecule has 5 aromatic rings. The van der Waals surface area contributed by atoms with Crippen LogP contribution in [0.5, 0.6) is 0 Å². The van der Waals surface area contributed by atoms with Crippen molar-refractivity contribution in [3.05, 3.63) is 114 Å². The molecular formula is C28H22N4O. The Morgan fingerprint density at radius 1 is 0.727 bits per heavy atom. The molecule has 0 radical (unpaired) electrons. The van der Waals surface area contributed by atoms with E-state index in [1.54, 1.807) is 12.1 Å². The van der Waals surface area contributed by atoms with Crippen molar-refractivity contribution >= 4 is 34.1 Å². The van der Waals surface area contributed by atoms with Gasteiger partial charge in [-0.25, -0.2) is 9.97 Å². The Morgan fingerprint density at radius 2 is 1.42 bits per heavy atom. The van der Waals surface area contributed by atoms with E-state index in [-0.39, 0.29) is 5.91 Å². The van der Waals surface area contributed by atoms with Crippen molar-refractivity contribution in [2.75, 3.05) is 10.6 Å². The first-order chi connectivity index (χ1) is 16.2. The van der Waals surface area contributed by atoms with Gasteiger partial charge in [-0.05, 0) is 55.5 Å². The molecule has 0 aliphatic rings. The topological polar surface area (TPSA) is 66.9 Å². The highest BCUT2D eigenvalue weighted by atomic mass is 16.1. The van der Waals surface area contributed by atoms with Gasteiger partial charge >= 0.3 is 0 Å². The van der Waals surface area contributed by atoms with Crippen LogP contribution in [0.15, 0.2) is 103 Å². The monoisotopic (exact) mass is 430 g/mol. The molecule has 2 N–H and O–H groups in total. The minimum atomic E-state index is -0.156. The number of rotatable bonds is 5. The molecule has 0 aliphatic carbocycles. The van der Waals surface area contributed by atoms with Crippen molar-refractivity contribution in [2.45, 2.75) is 6.92 Å². The van der Waals surface area contributed by atoms with E-state index < -0.39 is 0 Å². The van der Waals surface area contributed by atoms with E-state index >= 15 is 0 Å². The van der Waals surface area contributed by atoms with Gasteiger partial charge < -0.3 is 10.6 Å². The predicted molar refractivity (Wildman–Crippen MR) is 134 cm³/mol. The second-order valence-corrected chi connectivity index (χ2v) is 7.80. The average molecular weight is 431 g/mol. The van der Waals surface area contributed by atoms with Gasteiger partial charge in [0.2, 0.25) is 5.95 Å². The van der Waals surface area contributed by atoms with Crippen LogP contribution < -0.4 is 10.6 Å². The van der Waals surface area contributed by atoms with Crippen LogP contribution in [0.3, 0.4) is 0 Å². The Hall–Kier alpha value is -4.51. The predicted octanol–water partition coefficient (Wildman–Crippen LogP) is 6.60. The van der Waals surface area contributed by atoms with E-state index in [1.807, 2.05) is 84.9 Å². The molecule has 5 nitrogen and oxygen atoms in total. The first-order valence-corrected chi connectivity index (χ1v) is 10.7. The lowest BCUT2D eigenvalue weighted by atomic mass is 10.0. The molecule has 33 heavy (non-hydrogen) atoms. The highest BCUT2D eigenvalue weighted by Crippen LogP contribution is 2.29. The molecule has 5 rings (SSSR count). The SMILES string of the molecule is Cc1ccc2nc(Nc3ccc(C(=O)Nc4ccccc4)cc3)nc(-c3ccccc3)c2c1. The molecule has 1 aromatic heterocycles. The number of hydrogen-bond acceptors (Lipinski definition) is 4. The molecule has 1 amide bonds. The number of anilines is 3. The van der Waals surface area contributed by atoms with Crippen molar-refractivity contribution in [1.82, 2.24) is 9.97 Å². The van der Waals surface area contributed by atoms with E-state index in [0.29, 0.717) is 11.5 Å². The lowest BCUT2D eigenvalue weighted by molar-refractivity contribution is 0.102. The zero-order chi connectivity index (χ0) is 22.6. The molecule has 0 saturated heterocycles. The van der Waals surface area contributed by atoms with Crippen LogP contribution >= 0.6 is 0 Å². The molecule has 5 heteroatoms. The maximum Gasteiger partial charge on any atom is 0.255 e. The molecule has 160 valence electrons. The molecular weight excluding hydrogens is 408 g/mol. The van der Waals surface area contributed by atoms with E-state index in [0.717, 1.165) is 39.1 Å². The van der Waals surface area contributed by atoms with Crippen LogP contribution in [-0.2, 0) is 0 Å². The Morgan fingerprint density at radius 3 is 2.15 bits per heavy atom. The minimum Gasteiger partial charge on any atom is -0.324 e. The Kier molecular flexibility index (Phi) is 5.52. The van der Waals surface area contributed by atoms with Crippen LogP contribution in [-0.4, -0.2) is 15.9 Å². The van der Waals surface area contributed by atoms with E-state index in [1.165, 1.54) is 0 Å². The van der Waals surface area contributed by atoms with Crippen molar-refractivity contribution in [1.29, 1.82) is 0 Å². The van der Waals surface area contributed by atoms with Crippen LogP contribution in [0.2, 0.25) is 0 Å². The fraction of sp³-hybridized carbons (Fsp3) is 0.0357. The zero-order valence-corrected chi connectivity index (χ0v) is 18.1. The smallest absolute Gasteiger partial charge is 0.255 e. The van der Waals surface area contributed by atoms with Gasteiger partial charge in [0.05, 0.1) is 11.2 Å². The van der Waals surface area contributed by atoms with Gasteiger partial charge in [-0.15, -0.1) is 0 Å². The summed E-state index contributed by atoms with van der Waals surface area (Å²) < 4.78 is 0. The van der Waals surface area contributed by atoms with Crippen LogP contribution in [0.25, 0.3) is 22.2 Å². The number of benzene rings is 4. The largest absolute Gasteiger partial charge is 0.324 e. The standard InChI is InChI=1S/C28H22N4O/c1-19-12-17-25-24(18-19)26(20-8-4-2-5-9-20)32-28(31-25)30-23-15-13-21(14-16-23)27(33)29-22-10-6-3-7-11-22/h2-18H,1H3,(H,29,33)(H,30,31,32). The molecule has 0 aliphatic heterocycles. The summed E-state index contributed by atoms with van der Waals surface area (Å²) in [5.74, 6) is 0.350. The number of fused-ring (bicyclic) bond motifs is 1. The average Bonchev–Trinajstić information content (AvgIpc) is 2.85. The van der Waals surface area contributed by atoms with Crippen LogP contribution in [0.4, 0.5) is 17.3 Å². The number of carbonyl (C=O) groups excluding carboxylic acids is 1. The third-order valence-electron chi connectivity index (χ3n) is 5.33. The first kappa shape index (κ1) is 20.4. The number of carbonyl (C=O) groups is 1. The fourth-order valence-corrected chi connectivity index (χ4v) is 3.67. The third-order valence-corrected chi connectivity index (χ3v) is 5.33. The summed E-state index contributed by atoms with van der Waals surface area (Å²) in [5.41, 5.74) is 6.08. The van der Waals surface area contributed by atoms with Crippen molar-refractivity contribution < 1.29 is 4.79 Å². The minimum absolute atomic E-state index is 0.156. The van der Waals surface area contributed by atoms with Gasteiger partial charge in [-0.2, -0.15) is 0 Å². The number of nitrogens with zero attached hydrogens (tertiary/aromatic N) is 2. The lowest BCUT2D eigenvalue weighted by Crippen LogP contribution is -2.11. The summed E-state index contributed by atoms with van der Waals surface area (Å²) in [6, 6.07) is 32.9. The van der Waals surface area contributed by atoms with Crippen LogP contribution in [0.1, 0.15) is 15.9 Å². The van der Waals surface area contributed by atoms with E-state index in [2.05, 4.69) is 23.6 Å². The van der Waals surface area contributed by atoms with Gasteiger partial charge in [0.15, 0.2) is 0 Å². The van der Waals surface area contributed by atoms with E-state index in [9.17, 15) is 4.79 Å². The number of aromatic nitrogens is 2. The Balaban J connectivity index is 1.42. The summed E-state index contributed by atoms with van der Waals surface area (Å²) in [6.45, 7) is 2.07. The lowest BCUT2D eigenvalue weighted by Gasteiger charge is -2.11. The normalized spacial score (nSPS) is 10.7. The Bertz CT molecular complexity index is 1420. The molecule has 0 atom stereocenters. The highest BCUT2D eigenvalue weighted by molar-refractivity contribution is 6.04. The van der Waals surface area contributed by atoms with E-state index in [4.69, 9.17) is 9.97 Å². The molecule has 4 aromatic carbocycles. The summed E-state index contributed by atoms with van der Waals surface area (Å²) in [5, 5.41) is 7.19. The van der Waals surface area contributed by atoms with Crippen molar-refractivity contribution in [3.63, 3.8) is 0 Å². The summed E-state index contributed by atoms with van der Waals surface area (Å²) in [4.78, 5) is 22.0. The first-order valence-electron chi connectivity index (χ1n) is 10.7. The molecule has 0 fully saturated rings. The van der Waals surface area contributed by atoms with Crippen LogP contribution in [0, 0.1) is 6.92 Å². The van der Waals surface area contributed by atoms with Gasteiger partial charge in [-0.1, -0.05) is 60.2 Å². The number of amides is 1. The maximum absolute atomic E-state index is 12.5. The summed E-state index contributed by atoms with van der Waals surface area (Å²) in [7, 11) is 0. The second-order valence-electron chi connectivity index (χ2n) is 7.80. The third kappa shape index (κ3) is 4.57. The maximum atomic E-state index is 12.5. The summed E-state index contributed by atoms with van der Waals surface area (Å²) in [6.07, 6.45) is 0. The van der Waals surface area contributed by atoms with Gasteiger partial charge in [0, 0.05) is 27.9 Å². The molecule has 1 heterocycles.